The molecule has 0 aliphatic heterocycles. The van der Waals surface area contributed by atoms with Crippen LogP contribution in [-0.4, -0.2) is 18.5 Å². The molecule has 0 heterocycles. The van der Waals surface area contributed by atoms with Crippen LogP contribution in [0.4, 0.5) is 4.39 Å². The second-order valence-corrected chi connectivity index (χ2v) is 4.53. The van der Waals surface area contributed by atoms with Crippen LogP contribution in [0.25, 0.3) is 0 Å². The fraction of sp³-hybridized carbons (Fsp3) is 0.462. The van der Waals surface area contributed by atoms with Crippen LogP contribution in [0.15, 0.2) is 18.2 Å². The summed E-state index contributed by atoms with van der Waals surface area (Å²) in [5.74, 6) is -0.497. The fourth-order valence-corrected chi connectivity index (χ4v) is 1.68. The molecule has 0 N–H and O–H groups in total. The lowest BCUT2D eigenvalue weighted by Crippen LogP contribution is -2.37. The third kappa shape index (κ3) is 3.27. The van der Waals surface area contributed by atoms with Crippen LogP contribution in [0.1, 0.15) is 25.8 Å². The third-order valence-electron chi connectivity index (χ3n) is 3.07. The Labute approximate surface area is 106 Å². The van der Waals surface area contributed by atoms with E-state index in [1.54, 1.807) is 6.92 Å². The molecule has 1 unspecified atom stereocenters. The number of rotatable bonds is 5. The zero-order valence-electron chi connectivity index (χ0n) is 10.2. The van der Waals surface area contributed by atoms with Crippen LogP contribution in [0.3, 0.4) is 0 Å². The second-order valence-electron chi connectivity index (χ2n) is 4.12. The summed E-state index contributed by atoms with van der Waals surface area (Å²) in [7, 11) is 1.49. The molecule has 0 aromatic heterocycles. The summed E-state index contributed by atoms with van der Waals surface area (Å²) in [4.78, 5) is 12.1. The molecular weight excluding hydrogens is 243 g/mol. The van der Waals surface area contributed by atoms with Crippen LogP contribution in [0.2, 0.25) is 5.02 Å². The summed E-state index contributed by atoms with van der Waals surface area (Å²) in [5.41, 5.74) is -0.344. The Kier molecular flexibility index (Phi) is 4.66. The maximum Gasteiger partial charge on any atom is 0.168 e. The van der Waals surface area contributed by atoms with Gasteiger partial charge in [-0.15, -0.1) is 0 Å². The maximum atomic E-state index is 13.1. The van der Waals surface area contributed by atoms with Crippen LogP contribution >= 0.6 is 11.6 Å². The molecule has 1 atom stereocenters. The summed E-state index contributed by atoms with van der Waals surface area (Å²) < 4.78 is 18.3. The minimum atomic E-state index is -0.838. The first kappa shape index (κ1) is 14.1. The SMILES string of the molecule is CCC(C)(OC)C(=O)Cc1cc(F)ccc1Cl. The molecule has 0 amide bonds. The van der Waals surface area contributed by atoms with Crippen LogP contribution in [-0.2, 0) is 16.0 Å². The van der Waals surface area contributed by atoms with Crippen molar-refractivity contribution in [1.82, 2.24) is 0 Å². The number of halogens is 2. The van der Waals surface area contributed by atoms with E-state index >= 15 is 0 Å². The normalized spacial score (nSPS) is 14.4. The highest BCUT2D eigenvalue weighted by atomic mass is 35.5. The largest absolute Gasteiger partial charge is 0.371 e. The lowest BCUT2D eigenvalue weighted by molar-refractivity contribution is -0.138. The van der Waals surface area contributed by atoms with Crippen molar-refractivity contribution in [3.05, 3.63) is 34.6 Å². The van der Waals surface area contributed by atoms with Gasteiger partial charge in [-0.25, -0.2) is 4.39 Å². The molecule has 0 saturated heterocycles. The van der Waals surface area contributed by atoms with Crippen molar-refractivity contribution in [3.8, 4) is 0 Å². The number of methoxy groups -OCH3 is 1. The van der Waals surface area contributed by atoms with Gasteiger partial charge in [0, 0.05) is 18.6 Å². The van der Waals surface area contributed by atoms with Crippen molar-refractivity contribution in [2.24, 2.45) is 0 Å². The van der Waals surface area contributed by atoms with Gasteiger partial charge in [0.05, 0.1) is 0 Å². The molecule has 0 spiro atoms. The first-order valence-corrected chi connectivity index (χ1v) is 5.83. The first-order valence-electron chi connectivity index (χ1n) is 5.45. The topological polar surface area (TPSA) is 26.3 Å². The molecule has 0 radical (unpaired) electrons. The van der Waals surface area contributed by atoms with Gasteiger partial charge < -0.3 is 4.74 Å². The standard InChI is InChI=1S/C13H16ClFO2/c1-4-13(2,17-3)12(16)8-9-7-10(15)5-6-11(9)14/h5-7H,4,8H2,1-3H3. The number of benzene rings is 1. The van der Waals surface area contributed by atoms with Crippen molar-refractivity contribution in [3.63, 3.8) is 0 Å². The Balaban J connectivity index is 2.91. The molecule has 94 valence electrons. The van der Waals surface area contributed by atoms with E-state index < -0.39 is 11.4 Å². The smallest absolute Gasteiger partial charge is 0.168 e. The average Bonchev–Trinajstić information content (AvgIpc) is 2.32. The van der Waals surface area contributed by atoms with E-state index in [9.17, 15) is 9.18 Å². The van der Waals surface area contributed by atoms with Gasteiger partial charge >= 0.3 is 0 Å². The number of carbonyl (C=O) groups excluding carboxylic acids is 1. The molecule has 0 saturated carbocycles. The van der Waals surface area contributed by atoms with Crippen molar-refractivity contribution < 1.29 is 13.9 Å². The zero-order valence-corrected chi connectivity index (χ0v) is 11.0. The molecule has 4 heteroatoms. The third-order valence-corrected chi connectivity index (χ3v) is 3.44. The highest BCUT2D eigenvalue weighted by Gasteiger charge is 2.30. The number of ether oxygens (including phenoxy) is 1. The van der Waals surface area contributed by atoms with Gasteiger partial charge in [0.1, 0.15) is 11.4 Å². The van der Waals surface area contributed by atoms with Gasteiger partial charge in [-0.1, -0.05) is 18.5 Å². The first-order chi connectivity index (χ1) is 7.92. The van der Waals surface area contributed by atoms with Crippen LogP contribution in [0, 0.1) is 5.82 Å². The highest BCUT2D eigenvalue weighted by molar-refractivity contribution is 6.31. The van der Waals surface area contributed by atoms with Gasteiger partial charge in [0.15, 0.2) is 5.78 Å². The Hall–Kier alpha value is -0.930. The number of hydrogen-bond acceptors (Lipinski definition) is 2. The molecule has 0 bridgehead atoms. The lowest BCUT2D eigenvalue weighted by Gasteiger charge is -2.25. The zero-order chi connectivity index (χ0) is 13.1. The number of carbonyl (C=O) groups is 1. The Morgan fingerprint density at radius 2 is 2.18 bits per heavy atom. The van der Waals surface area contributed by atoms with Crippen molar-refractivity contribution >= 4 is 17.4 Å². The van der Waals surface area contributed by atoms with Gasteiger partial charge in [-0.05, 0) is 37.1 Å². The van der Waals surface area contributed by atoms with Crippen LogP contribution in [0.5, 0.6) is 0 Å². The van der Waals surface area contributed by atoms with Gasteiger partial charge in [-0.3, -0.25) is 4.79 Å². The van der Waals surface area contributed by atoms with Crippen molar-refractivity contribution in [1.29, 1.82) is 0 Å². The number of Topliss-reactive ketones (excluding diaryl/α,β-unsaturated/α-hetero) is 1. The predicted molar refractivity (Wildman–Crippen MR) is 65.8 cm³/mol. The lowest BCUT2D eigenvalue weighted by atomic mass is 9.92. The number of hydrogen-bond donors (Lipinski definition) is 0. The predicted octanol–water partition coefficient (Wildman–Crippen LogP) is 3.41. The molecule has 0 fully saturated rings. The van der Waals surface area contributed by atoms with E-state index in [2.05, 4.69) is 0 Å². The van der Waals surface area contributed by atoms with Crippen LogP contribution < -0.4 is 0 Å². The van der Waals surface area contributed by atoms with Gasteiger partial charge in [0.2, 0.25) is 0 Å². The van der Waals surface area contributed by atoms with Gasteiger partial charge in [0.25, 0.3) is 0 Å². The second kappa shape index (κ2) is 5.61. The van der Waals surface area contributed by atoms with E-state index in [0.29, 0.717) is 17.0 Å². The maximum absolute atomic E-state index is 13.1. The monoisotopic (exact) mass is 258 g/mol. The summed E-state index contributed by atoms with van der Waals surface area (Å²) in [6.07, 6.45) is 0.643. The Morgan fingerprint density at radius 3 is 2.71 bits per heavy atom. The fourth-order valence-electron chi connectivity index (χ4n) is 1.49. The minimum Gasteiger partial charge on any atom is -0.371 e. The van der Waals surface area contributed by atoms with E-state index in [4.69, 9.17) is 16.3 Å². The van der Waals surface area contributed by atoms with E-state index in [1.807, 2.05) is 6.92 Å². The Morgan fingerprint density at radius 1 is 1.53 bits per heavy atom. The molecule has 2 nitrogen and oxygen atoms in total. The molecule has 1 aromatic rings. The molecule has 1 rings (SSSR count). The Bertz CT molecular complexity index is 414. The summed E-state index contributed by atoms with van der Waals surface area (Å²) in [6, 6.07) is 4.01. The average molecular weight is 259 g/mol. The summed E-state index contributed by atoms with van der Waals surface area (Å²) in [5, 5.41) is 0.398. The summed E-state index contributed by atoms with van der Waals surface area (Å²) >= 11 is 5.92. The van der Waals surface area contributed by atoms with Crippen molar-refractivity contribution in [2.45, 2.75) is 32.3 Å². The molecule has 0 aliphatic carbocycles. The van der Waals surface area contributed by atoms with Crippen molar-refractivity contribution in [2.75, 3.05) is 7.11 Å². The number of ketones is 1. The minimum absolute atomic E-state index is 0.0781. The van der Waals surface area contributed by atoms with Gasteiger partial charge in [-0.2, -0.15) is 0 Å². The molecule has 0 aliphatic rings. The molecule has 17 heavy (non-hydrogen) atoms. The quantitative estimate of drug-likeness (QED) is 0.809. The highest BCUT2D eigenvalue weighted by Crippen LogP contribution is 2.22. The summed E-state index contributed by atoms with van der Waals surface area (Å²) in [6.45, 7) is 3.59. The molecule has 1 aromatic carbocycles. The van der Waals surface area contributed by atoms with E-state index in [-0.39, 0.29) is 12.2 Å². The van der Waals surface area contributed by atoms with E-state index in [1.165, 1.54) is 25.3 Å². The van der Waals surface area contributed by atoms with E-state index in [0.717, 1.165) is 0 Å². The molecular formula is C13H16ClFO2.